The Morgan fingerprint density at radius 2 is 2.25 bits per heavy atom. The smallest absolute Gasteiger partial charge is 0.0375 e. The molecular formula is C14H20N2. The summed E-state index contributed by atoms with van der Waals surface area (Å²) in [5.41, 5.74) is 4.32. The van der Waals surface area contributed by atoms with Gasteiger partial charge >= 0.3 is 0 Å². The van der Waals surface area contributed by atoms with Gasteiger partial charge in [-0.1, -0.05) is 17.7 Å². The summed E-state index contributed by atoms with van der Waals surface area (Å²) in [6, 6.07) is 6.84. The van der Waals surface area contributed by atoms with Crippen molar-refractivity contribution in [1.29, 1.82) is 0 Å². The van der Waals surface area contributed by atoms with Gasteiger partial charge in [0, 0.05) is 18.8 Å². The van der Waals surface area contributed by atoms with Crippen molar-refractivity contribution in [3.8, 4) is 0 Å². The lowest BCUT2D eigenvalue weighted by atomic mass is 9.77. The van der Waals surface area contributed by atoms with Crippen molar-refractivity contribution in [3.05, 3.63) is 29.3 Å². The molecule has 86 valence electrons. The van der Waals surface area contributed by atoms with Crippen LogP contribution in [-0.2, 0) is 0 Å². The number of hydrogen-bond donors (Lipinski definition) is 1. The first-order valence-electron chi connectivity index (χ1n) is 6.27. The molecule has 2 atom stereocenters. The lowest BCUT2D eigenvalue weighted by Gasteiger charge is -2.41. The first-order chi connectivity index (χ1) is 7.74. The third-order valence-electron chi connectivity index (χ3n) is 4.10. The normalized spacial score (nSPS) is 29.1. The second-order valence-corrected chi connectivity index (χ2v) is 5.39. The summed E-state index contributed by atoms with van der Waals surface area (Å²) >= 11 is 0. The number of likely N-dealkylation sites (tertiary alicyclic amines) is 1. The van der Waals surface area contributed by atoms with Crippen molar-refractivity contribution in [2.75, 3.05) is 32.0 Å². The zero-order valence-electron chi connectivity index (χ0n) is 10.2. The van der Waals surface area contributed by atoms with Gasteiger partial charge < -0.3 is 10.2 Å². The molecule has 0 aromatic heterocycles. The molecule has 0 spiro atoms. The summed E-state index contributed by atoms with van der Waals surface area (Å²) in [7, 11) is 2.24. The molecule has 2 nitrogen and oxygen atoms in total. The van der Waals surface area contributed by atoms with Gasteiger partial charge in [0.15, 0.2) is 0 Å². The Hall–Kier alpha value is -1.02. The Labute approximate surface area is 97.6 Å². The molecule has 16 heavy (non-hydrogen) atoms. The van der Waals surface area contributed by atoms with E-state index in [4.69, 9.17) is 0 Å². The third-order valence-corrected chi connectivity index (χ3v) is 4.10. The summed E-state index contributed by atoms with van der Waals surface area (Å²) in [4.78, 5) is 2.46. The van der Waals surface area contributed by atoms with Crippen molar-refractivity contribution >= 4 is 5.69 Å². The Kier molecular flexibility index (Phi) is 2.40. The molecule has 0 aliphatic carbocycles. The number of fused-ring (bicyclic) bond motifs is 3. The molecule has 0 saturated carbocycles. The van der Waals surface area contributed by atoms with Crippen molar-refractivity contribution in [3.63, 3.8) is 0 Å². The van der Waals surface area contributed by atoms with Gasteiger partial charge in [-0.25, -0.2) is 0 Å². The molecule has 1 N–H and O–H groups in total. The molecule has 1 aromatic carbocycles. The summed E-state index contributed by atoms with van der Waals surface area (Å²) in [5.74, 6) is 1.58. The van der Waals surface area contributed by atoms with E-state index in [-0.39, 0.29) is 0 Å². The van der Waals surface area contributed by atoms with Gasteiger partial charge in [-0.3, -0.25) is 0 Å². The molecule has 0 amide bonds. The molecule has 1 saturated heterocycles. The van der Waals surface area contributed by atoms with Crippen molar-refractivity contribution in [1.82, 2.24) is 4.90 Å². The van der Waals surface area contributed by atoms with Crippen LogP contribution in [0, 0.1) is 12.8 Å². The topological polar surface area (TPSA) is 15.3 Å². The van der Waals surface area contributed by atoms with Gasteiger partial charge in [-0.15, -0.1) is 0 Å². The van der Waals surface area contributed by atoms with Crippen LogP contribution in [0.25, 0.3) is 0 Å². The van der Waals surface area contributed by atoms with E-state index in [0.717, 1.165) is 18.4 Å². The first kappa shape index (κ1) is 10.2. The second kappa shape index (κ2) is 3.77. The highest BCUT2D eigenvalue weighted by atomic mass is 15.1. The van der Waals surface area contributed by atoms with Gasteiger partial charge in [-0.2, -0.15) is 0 Å². The summed E-state index contributed by atoms with van der Waals surface area (Å²) < 4.78 is 0. The maximum atomic E-state index is 3.58. The number of rotatable bonds is 0. The molecule has 1 aromatic rings. The van der Waals surface area contributed by atoms with Crippen LogP contribution >= 0.6 is 0 Å². The van der Waals surface area contributed by atoms with E-state index in [1.807, 2.05) is 0 Å². The summed E-state index contributed by atoms with van der Waals surface area (Å²) in [5, 5.41) is 3.58. The third kappa shape index (κ3) is 1.61. The van der Waals surface area contributed by atoms with Crippen LogP contribution < -0.4 is 5.32 Å². The molecule has 2 unspecified atom stereocenters. The van der Waals surface area contributed by atoms with Crippen LogP contribution in [0.3, 0.4) is 0 Å². The quantitative estimate of drug-likeness (QED) is 0.716. The van der Waals surface area contributed by atoms with E-state index in [1.54, 1.807) is 5.56 Å². The van der Waals surface area contributed by atoms with Crippen molar-refractivity contribution < 1.29 is 0 Å². The first-order valence-corrected chi connectivity index (χ1v) is 6.27. The second-order valence-electron chi connectivity index (χ2n) is 5.39. The van der Waals surface area contributed by atoms with Crippen molar-refractivity contribution in [2.24, 2.45) is 5.92 Å². The Bertz CT molecular complexity index is 400. The molecule has 0 bridgehead atoms. The average Bonchev–Trinajstić information content (AvgIpc) is 2.28. The van der Waals surface area contributed by atoms with Crippen LogP contribution in [0.4, 0.5) is 5.69 Å². The van der Waals surface area contributed by atoms with Gasteiger partial charge in [0.25, 0.3) is 0 Å². The highest BCUT2D eigenvalue weighted by Crippen LogP contribution is 2.40. The van der Waals surface area contributed by atoms with E-state index < -0.39 is 0 Å². The molecule has 2 aliphatic heterocycles. The minimum Gasteiger partial charge on any atom is -0.384 e. The zero-order chi connectivity index (χ0) is 11.1. The number of piperidine rings is 1. The zero-order valence-corrected chi connectivity index (χ0v) is 10.2. The number of benzene rings is 1. The highest BCUT2D eigenvalue weighted by Gasteiger charge is 2.33. The van der Waals surface area contributed by atoms with E-state index >= 15 is 0 Å². The van der Waals surface area contributed by atoms with Crippen LogP contribution in [0.2, 0.25) is 0 Å². The number of aryl methyl sites for hydroxylation is 1. The molecule has 2 heterocycles. The Morgan fingerprint density at radius 3 is 3.12 bits per heavy atom. The number of nitrogens with zero attached hydrogens (tertiary/aromatic N) is 1. The predicted octanol–water partition coefficient (Wildman–Crippen LogP) is 2.46. The van der Waals surface area contributed by atoms with E-state index in [2.05, 4.69) is 42.4 Å². The van der Waals surface area contributed by atoms with Crippen LogP contribution in [0.1, 0.15) is 23.5 Å². The maximum Gasteiger partial charge on any atom is 0.0375 e. The molecule has 2 heteroatoms. The minimum absolute atomic E-state index is 0.785. The molecule has 0 radical (unpaired) electrons. The Balaban J connectivity index is 1.96. The average molecular weight is 216 g/mol. The van der Waals surface area contributed by atoms with Gasteiger partial charge in [0.1, 0.15) is 0 Å². The fourth-order valence-electron chi connectivity index (χ4n) is 3.22. The SMILES string of the molecule is Cc1ccc2c(c1)C1CCN(C)CC1CN2. The maximum absolute atomic E-state index is 3.58. The van der Waals surface area contributed by atoms with Gasteiger partial charge in [-0.05, 0) is 50.4 Å². The standard InChI is InChI=1S/C14H20N2/c1-10-3-4-14-13(7-10)12-5-6-16(2)9-11(12)8-15-14/h3-4,7,11-12,15H,5-6,8-9H2,1-2H3. The highest BCUT2D eigenvalue weighted by molar-refractivity contribution is 5.56. The van der Waals surface area contributed by atoms with E-state index in [0.29, 0.717) is 0 Å². The lowest BCUT2D eigenvalue weighted by Crippen LogP contribution is -2.42. The van der Waals surface area contributed by atoms with E-state index in [9.17, 15) is 0 Å². The molecule has 1 fully saturated rings. The molecule has 3 rings (SSSR count). The number of nitrogens with one attached hydrogen (secondary N) is 1. The van der Waals surface area contributed by atoms with Crippen molar-refractivity contribution in [2.45, 2.75) is 19.3 Å². The lowest BCUT2D eigenvalue weighted by molar-refractivity contribution is 0.187. The van der Waals surface area contributed by atoms with Crippen LogP contribution in [-0.4, -0.2) is 31.6 Å². The van der Waals surface area contributed by atoms with E-state index in [1.165, 1.54) is 30.8 Å². The molecule has 2 aliphatic rings. The van der Waals surface area contributed by atoms with Crippen LogP contribution in [0.15, 0.2) is 18.2 Å². The largest absolute Gasteiger partial charge is 0.384 e. The monoisotopic (exact) mass is 216 g/mol. The summed E-state index contributed by atoms with van der Waals surface area (Å²) in [6.07, 6.45) is 1.32. The number of hydrogen-bond acceptors (Lipinski definition) is 2. The van der Waals surface area contributed by atoms with Crippen LogP contribution in [0.5, 0.6) is 0 Å². The molecular weight excluding hydrogens is 196 g/mol. The summed E-state index contributed by atoms with van der Waals surface area (Å²) in [6.45, 7) is 5.82. The minimum atomic E-state index is 0.785. The fourth-order valence-corrected chi connectivity index (χ4v) is 3.22. The fraction of sp³-hybridized carbons (Fsp3) is 0.571. The predicted molar refractivity (Wildman–Crippen MR) is 68.0 cm³/mol. The van der Waals surface area contributed by atoms with Gasteiger partial charge in [0.2, 0.25) is 0 Å². The van der Waals surface area contributed by atoms with Gasteiger partial charge in [0.05, 0.1) is 0 Å². The number of anilines is 1. The Morgan fingerprint density at radius 1 is 1.38 bits per heavy atom.